The number of carbonyl (C=O) groups is 2. The zero-order chi connectivity index (χ0) is 28.4. The van der Waals surface area contributed by atoms with Crippen molar-refractivity contribution >= 4 is 29.3 Å². The molecule has 0 spiro atoms. The van der Waals surface area contributed by atoms with Gasteiger partial charge < -0.3 is 30.0 Å². The predicted molar refractivity (Wildman–Crippen MR) is 145 cm³/mol. The molecule has 0 aliphatic carbocycles. The van der Waals surface area contributed by atoms with Gasteiger partial charge in [-0.15, -0.1) is 0 Å². The summed E-state index contributed by atoms with van der Waals surface area (Å²) < 4.78 is 30.4. The first-order valence-corrected chi connectivity index (χ1v) is 13.3. The number of nitrogens with zero attached hydrogens (tertiary/aromatic N) is 1. The van der Waals surface area contributed by atoms with Crippen molar-refractivity contribution in [2.75, 3.05) is 31.6 Å². The summed E-state index contributed by atoms with van der Waals surface area (Å²) in [6.45, 7) is 6.28. The van der Waals surface area contributed by atoms with E-state index in [1.54, 1.807) is 32.9 Å². The van der Waals surface area contributed by atoms with E-state index in [0.717, 1.165) is 5.56 Å². The van der Waals surface area contributed by atoms with Gasteiger partial charge in [-0.25, -0.2) is 9.18 Å². The minimum atomic E-state index is -1.19. The number of carbonyl (C=O) groups excluding carboxylic acids is 2. The van der Waals surface area contributed by atoms with Crippen LogP contribution >= 0.6 is 11.6 Å². The Morgan fingerprint density at radius 2 is 1.92 bits per heavy atom. The fraction of sp³-hybridized carbons (Fsp3) is 0.500. The Balaban J connectivity index is 1.62. The van der Waals surface area contributed by atoms with Crippen molar-refractivity contribution in [3.8, 4) is 11.5 Å². The Kier molecular flexibility index (Phi) is 8.58. The van der Waals surface area contributed by atoms with Gasteiger partial charge >= 0.3 is 6.09 Å². The van der Waals surface area contributed by atoms with Crippen LogP contribution in [0.4, 0.5) is 14.9 Å². The molecule has 2 aromatic rings. The summed E-state index contributed by atoms with van der Waals surface area (Å²) in [6.07, 6.45) is -0.645. The molecular weight excluding hydrogens is 529 g/mol. The molecule has 11 heteroatoms. The van der Waals surface area contributed by atoms with Crippen LogP contribution in [0.25, 0.3) is 0 Å². The second-order valence-electron chi connectivity index (χ2n) is 10.9. The molecule has 9 nitrogen and oxygen atoms in total. The van der Waals surface area contributed by atoms with Gasteiger partial charge in [0.05, 0.1) is 36.0 Å². The number of halogens is 2. The third-order valence-electron chi connectivity index (χ3n) is 6.84. The zero-order valence-electron chi connectivity index (χ0n) is 22.6. The van der Waals surface area contributed by atoms with E-state index in [1.165, 1.54) is 36.3 Å². The minimum absolute atomic E-state index is 0.139. The van der Waals surface area contributed by atoms with Crippen molar-refractivity contribution in [3.63, 3.8) is 0 Å². The first-order chi connectivity index (χ1) is 18.4. The molecule has 2 atom stereocenters. The lowest BCUT2D eigenvalue weighted by Gasteiger charge is -2.41. The van der Waals surface area contributed by atoms with Gasteiger partial charge in [0.15, 0.2) is 6.10 Å². The molecule has 3 N–H and O–H groups in total. The number of amides is 2. The van der Waals surface area contributed by atoms with Crippen LogP contribution in [0, 0.1) is 5.82 Å². The zero-order valence-corrected chi connectivity index (χ0v) is 23.3. The van der Waals surface area contributed by atoms with E-state index < -0.39 is 35.3 Å². The lowest BCUT2D eigenvalue weighted by atomic mass is 9.81. The van der Waals surface area contributed by atoms with Crippen molar-refractivity contribution in [2.24, 2.45) is 0 Å². The molecule has 2 amide bonds. The van der Waals surface area contributed by atoms with Gasteiger partial charge in [0, 0.05) is 6.07 Å². The smallest absolute Gasteiger partial charge is 0.415 e. The Morgan fingerprint density at radius 1 is 1.26 bits per heavy atom. The Bertz CT molecular complexity index is 1200. The Morgan fingerprint density at radius 3 is 2.54 bits per heavy atom. The van der Waals surface area contributed by atoms with Gasteiger partial charge in [0.25, 0.3) is 5.91 Å². The third-order valence-corrected chi connectivity index (χ3v) is 7.13. The maximum absolute atomic E-state index is 13.7. The number of hydrogen-bond acceptors (Lipinski definition) is 7. The highest BCUT2D eigenvalue weighted by Crippen LogP contribution is 2.41. The summed E-state index contributed by atoms with van der Waals surface area (Å²) in [4.78, 5) is 28.1. The van der Waals surface area contributed by atoms with E-state index in [9.17, 15) is 19.1 Å². The van der Waals surface area contributed by atoms with Gasteiger partial charge in [0.2, 0.25) is 0 Å². The molecule has 0 bridgehead atoms. The molecule has 1 fully saturated rings. The van der Waals surface area contributed by atoms with Gasteiger partial charge in [-0.2, -0.15) is 0 Å². The normalized spacial score (nSPS) is 19.4. The molecule has 2 unspecified atom stereocenters. The summed E-state index contributed by atoms with van der Waals surface area (Å²) in [6, 6.07) is 8.32. The van der Waals surface area contributed by atoms with Crippen LogP contribution in [0.1, 0.15) is 39.2 Å². The highest BCUT2D eigenvalue weighted by atomic mass is 35.5. The molecule has 2 aliphatic heterocycles. The van der Waals surface area contributed by atoms with Gasteiger partial charge in [-0.1, -0.05) is 23.7 Å². The second-order valence-corrected chi connectivity index (χ2v) is 11.3. The Hall–Kier alpha value is -3.08. The van der Waals surface area contributed by atoms with E-state index in [0.29, 0.717) is 37.4 Å². The molecule has 2 aromatic carbocycles. The topological polar surface area (TPSA) is 109 Å². The van der Waals surface area contributed by atoms with Gasteiger partial charge in [-0.05, 0) is 76.9 Å². The number of fused-ring (bicyclic) bond motifs is 1. The van der Waals surface area contributed by atoms with Crippen LogP contribution < -0.4 is 25.0 Å². The Labute approximate surface area is 232 Å². The molecule has 0 saturated carbocycles. The van der Waals surface area contributed by atoms with Crippen molar-refractivity contribution < 1.29 is 33.3 Å². The monoisotopic (exact) mass is 563 g/mol. The first-order valence-electron chi connectivity index (χ1n) is 12.9. The van der Waals surface area contributed by atoms with Crippen molar-refractivity contribution in [1.82, 2.24) is 10.6 Å². The van der Waals surface area contributed by atoms with Crippen molar-refractivity contribution in [2.45, 2.75) is 63.4 Å². The number of piperidine rings is 1. The molecule has 39 heavy (non-hydrogen) atoms. The van der Waals surface area contributed by atoms with Crippen LogP contribution in [0.3, 0.4) is 0 Å². The lowest BCUT2D eigenvalue weighted by Crippen LogP contribution is -2.61. The second kappa shape index (κ2) is 11.6. The molecule has 0 aromatic heterocycles. The summed E-state index contributed by atoms with van der Waals surface area (Å²) in [7, 11) is 1.45. The highest BCUT2D eigenvalue weighted by molar-refractivity contribution is 6.32. The minimum Gasteiger partial charge on any atom is -0.495 e. The third kappa shape index (κ3) is 6.93. The van der Waals surface area contributed by atoms with E-state index in [1.807, 2.05) is 0 Å². The largest absolute Gasteiger partial charge is 0.495 e. The summed E-state index contributed by atoms with van der Waals surface area (Å²) >= 11 is 6.33. The number of nitrogens with one attached hydrogen (secondary N) is 2. The summed E-state index contributed by atoms with van der Waals surface area (Å²) in [5.74, 6) is -0.336. The molecule has 2 heterocycles. The van der Waals surface area contributed by atoms with E-state index in [-0.39, 0.29) is 29.6 Å². The van der Waals surface area contributed by atoms with Crippen LogP contribution in [0.15, 0.2) is 36.4 Å². The number of benzene rings is 2. The van der Waals surface area contributed by atoms with Crippen molar-refractivity contribution in [1.29, 1.82) is 0 Å². The SMILES string of the molecule is COc1cc2c(cc1Cl)N(C(=O)OC(C)(C)C)CC(C(=O)NC(Cc1ccc(F)cc1)C1(O)CCNCC1)O2. The summed E-state index contributed by atoms with van der Waals surface area (Å²) in [5, 5.41) is 18.0. The fourth-order valence-electron chi connectivity index (χ4n) is 4.77. The number of hydrogen-bond donors (Lipinski definition) is 3. The number of ether oxygens (including phenoxy) is 3. The molecule has 2 aliphatic rings. The lowest BCUT2D eigenvalue weighted by molar-refractivity contribution is -0.131. The molecule has 0 radical (unpaired) electrons. The first kappa shape index (κ1) is 28.9. The quantitative estimate of drug-likeness (QED) is 0.490. The van der Waals surface area contributed by atoms with Crippen LogP contribution in [0.2, 0.25) is 5.02 Å². The van der Waals surface area contributed by atoms with Crippen molar-refractivity contribution in [3.05, 3.63) is 52.8 Å². The highest BCUT2D eigenvalue weighted by Gasteiger charge is 2.42. The molecule has 212 valence electrons. The van der Waals surface area contributed by atoms with E-state index in [4.69, 9.17) is 25.8 Å². The predicted octanol–water partition coefficient (Wildman–Crippen LogP) is 3.83. The molecule has 1 saturated heterocycles. The van der Waals surface area contributed by atoms with E-state index in [2.05, 4.69) is 10.6 Å². The molecule has 4 rings (SSSR count). The maximum Gasteiger partial charge on any atom is 0.415 e. The van der Waals surface area contributed by atoms with Crippen LogP contribution in [-0.2, 0) is 16.0 Å². The molecular formula is C28H35ClFN3O6. The standard InChI is InChI=1S/C28H35ClFN3O6/c1-27(2,3)39-26(35)33-16-23(38-22-15-21(37-4)19(29)14-20(22)33)25(34)32-24(28(36)9-11-31-12-10-28)13-17-5-7-18(30)8-6-17/h5-8,14-15,23-24,31,36H,9-13,16H2,1-4H3,(H,32,34). The van der Waals surface area contributed by atoms with Crippen LogP contribution in [-0.4, -0.2) is 67.2 Å². The average molecular weight is 564 g/mol. The van der Waals surface area contributed by atoms with E-state index >= 15 is 0 Å². The fourth-order valence-corrected chi connectivity index (χ4v) is 5.01. The van der Waals surface area contributed by atoms with Gasteiger partial charge in [0.1, 0.15) is 22.9 Å². The summed E-state index contributed by atoms with van der Waals surface area (Å²) in [5.41, 5.74) is -0.858. The maximum atomic E-state index is 13.7. The number of rotatable bonds is 6. The average Bonchev–Trinajstić information content (AvgIpc) is 2.88. The number of aliphatic hydroxyl groups is 1. The van der Waals surface area contributed by atoms with Gasteiger partial charge in [-0.3, -0.25) is 9.69 Å². The van der Waals surface area contributed by atoms with Crippen LogP contribution in [0.5, 0.6) is 11.5 Å². The number of methoxy groups -OCH3 is 1. The number of anilines is 1.